The lowest BCUT2D eigenvalue weighted by atomic mass is 10.2. The van der Waals surface area contributed by atoms with Crippen LogP contribution in [0.5, 0.6) is 0 Å². The number of H-pyrrole nitrogens is 2. The minimum atomic E-state index is -0.402. The van der Waals surface area contributed by atoms with Crippen LogP contribution in [0.3, 0.4) is 0 Å². The molecule has 0 aliphatic carbocycles. The summed E-state index contributed by atoms with van der Waals surface area (Å²) in [6.07, 6.45) is 3.01. The molecule has 0 fully saturated rings. The summed E-state index contributed by atoms with van der Waals surface area (Å²) in [5.41, 5.74) is 1.32. The molecule has 0 aromatic carbocycles. The zero-order chi connectivity index (χ0) is 12.3. The molecule has 0 saturated heterocycles. The summed E-state index contributed by atoms with van der Waals surface area (Å²) in [5, 5.41) is 9.11. The van der Waals surface area contributed by atoms with Crippen LogP contribution in [0.15, 0.2) is 29.3 Å². The minimum absolute atomic E-state index is 0.107. The lowest BCUT2D eigenvalue weighted by Crippen LogP contribution is -2.28. The number of aromatic nitrogens is 3. The third-order valence-electron chi connectivity index (χ3n) is 2.30. The first-order valence-electron chi connectivity index (χ1n) is 5.12. The molecule has 0 unspecified atom stereocenters. The highest BCUT2D eigenvalue weighted by molar-refractivity contribution is 5.93. The van der Waals surface area contributed by atoms with Crippen LogP contribution in [-0.2, 0) is 6.54 Å². The third kappa shape index (κ3) is 2.60. The lowest BCUT2D eigenvalue weighted by molar-refractivity contribution is 0.0949. The van der Waals surface area contributed by atoms with Gasteiger partial charge in [0.1, 0.15) is 5.56 Å². The highest BCUT2D eigenvalue weighted by atomic mass is 16.2. The Bertz CT molecular complexity index is 571. The van der Waals surface area contributed by atoms with Crippen LogP contribution in [-0.4, -0.2) is 21.1 Å². The Morgan fingerprint density at radius 1 is 1.53 bits per heavy atom. The SMILES string of the molecule is Cc1cc(=O)c(C(=O)NCc2ccn[nH]2)c[nH]1. The molecule has 17 heavy (non-hydrogen) atoms. The second-order valence-electron chi connectivity index (χ2n) is 3.66. The number of carbonyl (C=O) groups is 1. The quantitative estimate of drug-likeness (QED) is 0.712. The summed E-state index contributed by atoms with van der Waals surface area (Å²) in [4.78, 5) is 26.1. The number of nitrogens with zero attached hydrogens (tertiary/aromatic N) is 1. The van der Waals surface area contributed by atoms with Crippen molar-refractivity contribution in [2.45, 2.75) is 13.5 Å². The highest BCUT2D eigenvalue weighted by Crippen LogP contribution is 1.94. The first-order valence-corrected chi connectivity index (χ1v) is 5.12. The molecule has 3 N–H and O–H groups in total. The fraction of sp³-hybridized carbons (Fsp3) is 0.182. The summed E-state index contributed by atoms with van der Waals surface area (Å²) in [6, 6.07) is 3.14. The van der Waals surface area contributed by atoms with Crippen molar-refractivity contribution in [3.63, 3.8) is 0 Å². The second-order valence-corrected chi connectivity index (χ2v) is 3.66. The number of hydrogen-bond donors (Lipinski definition) is 3. The van der Waals surface area contributed by atoms with Gasteiger partial charge in [-0.25, -0.2) is 0 Å². The molecule has 2 rings (SSSR count). The summed E-state index contributed by atoms with van der Waals surface area (Å²) < 4.78 is 0. The van der Waals surface area contributed by atoms with E-state index < -0.39 is 5.91 Å². The minimum Gasteiger partial charge on any atom is -0.364 e. The van der Waals surface area contributed by atoms with E-state index in [2.05, 4.69) is 20.5 Å². The average molecular weight is 232 g/mol. The maximum Gasteiger partial charge on any atom is 0.257 e. The molecule has 0 aliphatic heterocycles. The first kappa shape index (κ1) is 11.1. The Balaban J connectivity index is 2.07. The number of nitrogens with one attached hydrogen (secondary N) is 3. The molecule has 1 amide bonds. The van der Waals surface area contributed by atoms with Crippen molar-refractivity contribution < 1.29 is 4.79 Å². The number of hydrogen-bond acceptors (Lipinski definition) is 3. The molecular formula is C11H12N4O2. The molecule has 0 aliphatic rings. The number of aryl methyl sites for hydroxylation is 1. The number of aromatic amines is 2. The largest absolute Gasteiger partial charge is 0.364 e. The smallest absolute Gasteiger partial charge is 0.257 e. The van der Waals surface area contributed by atoms with Crippen LogP contribution >= 0.6 is 0 Å². The molecule has 0 radical (unpaired) electrons. The summed E-state index contributed by atoms with van der Waals surface area (Å²) in [6.45, 7) is 2.07. The van der Waals surface area contributed by atoms with Gasteiger partial charge in [-0.05, 0) is 13.0 Å². The van der Waals surface area contributed by atoms with Crippen LogP contribution in [0.2, 0.25) is 0 Å². The van der Waals surface area contributed by atoms with E-state index in [1.807, 2.05) is 0 Å². The van der Waals surface area contributed by atoms with Gasteiger partial charge < -0.3 is 10.3 Å². The molecule has 6 heteroatoms. The number of pyridine rings is 1. The molecule has 88 valence electrons. The van der Waals surface area contributed by atoms with Gasteiger partial charge in [-0.15, -0.1) is 0 Å². The topological polar surface area (TPSA) is 90.6 Å². The number of carbonyl (C=O) groups excluding carboxylic acids is 1. The van der Waals surface area contributed by atoms with Crippen molar-refractivity contribution in [1.29, 1.82) is 0 Å². The van der Waals surface area contributed by atoms with Crippen molar-refractivity contribution in [3.8, 4) is 0 Å². The van der Waals surface area contributed by atoms with E-state index in [0.717, 1.165) is 11.4 Å². The molecule has 0 atom stereocenters. The zero-order valence-corrected chi connectivity index (χ0v) is 9.28. The second kappa shape index (κ2) is 4.65. The van der Waals surface area contributed by atoms with Crippen LogP contribution in [0.4, 0.5) is 0 Å². The van der Waals surface area contributed by atoms with Crippen molar-refractivity contribution in [3.05, 3.63) is 51.7 Å². The van der Waals surface area contributed by atoms with E-state index in [1.54, 1.807) is 19.2 Å². The van der Waals surface area contributed by atoms with Gasteiger partial charge in [0.2, 0.25) is 0 Å². The number of rotatable bonds is 3. The molecular weight excluding hydrogens is 220 g/mol. The molecule has 2 aromatic heterocycles. The standard InChI is InChI=1S/C11H12N4O2/c1-7-4-10(16)9(6-12-7)11(17)13-5-8-2-3-14-15-8/h2-4,6H,5H2,1H3,(H,12,16)(H,13,17)(H,14,15). The highest BCUT2D eigenvalue weighted by Gasteiger charge is 2.09. The van der Waals surface area contributed by atoms with Gasteiger partial charge in [-0.3, -0.25) is 14.7 Å². The third-order valence-corrected chi connectivity index (χ3v) is 2.30. The van der Waals surface area contributed by atoms with Crippen molar-refractivity contribution in [2.24, 2.45) is 0 Å². The van der Waals surface area contributed by atoms with Gasteiger partial charge >= 0.3 is 0 Å². The molecule has 0 bridgehead atoms. The van der Waals surface area contributed by atoms with Crippen LogP contribution in [0.25, 0.3) is 0 Å². The fourth-order valence-electron chi connectivity index (χ4n) is 1.40. The fourth-order valence-corrected chi connectivity index (χ4v) is 1.40. The summed E-state index contributed by atoms with van der Waals surface area (Å²) >= 11 is 0. The van der Waals surface area contributed by atoms with Crippen LogP contribution in [0, 0.1) is 6.92 Å². The molecule has 2 aromatic rings. The van der Waals surface area contributed by atoms with Gasteiger partial charge in [-0.1, -0.05) is 0 Å². The monoisotopic (exact) mass is 232 g/mol. The van der Waals surface area contributed by atoms with Gasteiger partial charge in [0, 0.05) is 24.2 Å². The maximum absolute atomic E-state index is 11.7. The molecule has 6 nitrogen and oxygen atoms in total. The molecule has 0 saturated carbocycles. The van der Waals surface area contributed by atoms with Crippen molar-refractivity contribution in [1.82, 2.24) is 20.5 Å². The lowest BCUT2D eigenvalue weighted by Gasteiger charge is -2.03. The number of amides is 1. The van der Waals surface area contributed by atoms with Gasteiger partial charge in [0.05, 0.1) is 12.2 Å². The van der Waals surface area contributed by atoms with Gasteiger partial charge in [0.15, 0.2) is 5.43 Å². The Labute approximate surface area is 97.1 Å². The van der Waals surface area contributed by atoms with Crippen molar-refractivity contribution >= 4 is 5.91 Å². The van der Waals surface area contributed by atoms with E-state index >= 15 is 0 Å². The Morgan fingerprint density at radius 2 is 2.35 bits per heavy atom. The Morgan fingerprint density at radius 3 is 3.00 bits per heavy atom. The predicted octanol–water partition coefficient (Wildman–Crippen LogP) is 0.336. The van der Waals surface area contributed by atoms with E-state index in [-0.39, 0.29) is 11.0 Å². The maximum atomic E-state index is 11.7. The molecule has 2 heterocycles. The first-order chi connectivity index (χ1) is 8.16. The van der Waals surface area contributed by atoms with E-state index in [1.165, 1.54) is 12.3 Å². The van der Waals surface area contributed by atoms with E-state index in [4.69, 9.17) is 0 Å². The Hall–Kier alpha value is -2.37. The van der Waals surface area contributed by atoms with Gasteiger partial charge in [0.25, 0.3) is 5.91 Å². The van der Waals surface area contributed by atoms with E-state index in [9.17, 15) is 9.59 Å². The van der Waals surface area contributed by atoms with Crippen LogP contribution in [0.1, 0.15) is 21.7 Å². The normalized spacial score (nSPS) is 10.2. The predicted molar refractivity (Wildman–Crippen MR) is 61.6 cm³/mol. The van der Waals surface area contributed by atoms with Crippen molar-refractivity contribution in [2.75, 3.05) is 0 Å². The molecule has 0 spiro atoms. The zero-order valence-electron chi connectivity index (χ0n) is 9.28. The van der Waals surface area contributed by atoms with E-state index in [0.29, 0.717) is 6.54 Å². The Kier molecular flexibility index (Phi) is 3.04. The van der Waals surface area contributed by atoms with Gasteiger partial charge in [-0.2, -0.15) is 5.10 Å². The average Bonchev–Trinajstić information content (AvgIpc) is 2.78. The van der Waals surface area contributed by atoms with Crippen LogP contribution < -0.4 is 10.7 Å². The summed E-state index contributed by atoms with van der Waals surface area (Å²) in [7, 11) is 0. The summed E-state index contributed by atoms with van der Waals surface area (Å²) in [5.74, 6) is -0.402.